The van der Waals surface area contributed by atoms with Crippen LogP contribution in [-0.4, -0.2) is 59.4 Å². The third-order valence-electron chi connectivity index (χ3n) is 4.20. The summed E-state index contributed by atoms with van der Waals surface area (Å²) in [5.74, 6) is 0.0617. The normalized spacial score (nSPS) is 14.4. The molecule has 3 rings (SSSR count). The highest BCUT2D eigenvalue weighted by atomic mass is 79.9. The first-order chi connectivity index (χ1) is 12.6. The van der Waals surface area contributed by atoms with Gasteiger partial charge < -0.3 is 15.1 Å². The molecule has 1 aromatic heterocycles. The van der Waals surface area contributed by atoms with Crippen molar-refractivity contribution in [3.8, 4) is 10.6 Å². The highest BCUT2D eigenvalue weighted by Gasteiger charge is 2.24. The van der Waals surface area contributed by atoms with Gasteiger partial charge in [-0.05, 0) is 19.1 Å². The van der Waals surface area contributed by atoms with Crippen molar-refractivity contribution < 1.29 is 9.59 Å². The number of hydrogen-bond donors (Lipinski definition) is 1. The summed E-state index contributed by atoms with van der Waals surface area (Å²) in [7, 11) is 0. The standard InChI is InChI=1S/C18H21BrN4O2S/c1-2-20-18(25)23-8-6-22(7-9-23)16(24)11-15-12-26-17(21-15)13-4-3-5-14(19)10-13/h3-5,10,12H,2,6-9,11H2,1H3,(H,20,25). The van der Waals surface area contributed by atoms with Gasteiger partial charge in [0.2, 0.25) is 5.91 Å². The third-order valence-corrected chi connectivity index (χ3v) is 5.64. The van der Waals surface area contributed by atoms with Gasteiger partial charge in [0.1, 0.15) is 5.01 Å². The van der Waals surface area contributed by atoms with Crippen molar-refractivity contribution in [1.29, 1.82) is 0 Å². The molecule has 1 aliphatic heterocycles. The second-order valence-corrected chi connectivity index (χ2v) is 7.81. The first-order valence-electron chi connectivity index (χ1n) is 8.57. The second-order valence-electron chi connectivity index (χ2n) is 6.03. The summed E-state index contributed by atoms with van der Waals surface area (Å²) in [4.78, 5) is 32.5. The molecule has 0 aliphatic carbocycles. The average Bonchev–Trinajstić information content (AvgIpc) is 3.10. The number of urea groups is 1. The molecule has 0 unspecified atom stereocenters. The predicted molar refractivity (Wildman–Crippen MR) is 106 cm³/mol. The fourth-order valence-electron chi connectivity index (χ4n) is 2.83. The largest absolute Gasteiger partial charge is 0.339 e. The molecule has 1 aromatic carbocycles. The van der Waals surface area contributed by atoms with E-state index in [1.807, 2.05) is 41.5 Å². The fraction of sp³-hybridized carbons (Fsp3) is 0.389. The SMILES string of the molecule is CCNC(=O)N1CCN(C(=O)Cc2csc(-c3cccc(Br)c3)n2)CC1. The Labute approximate surface area is 165 Å². The second kappa shape index (κ2) is 8.64. The molecule has 2 aromatic rings. The zero-order chi connectivity index (χ0) is 18.5. The van der Waals surface area contributed by atoms with Gasteiger partial charge in [-0.25, -0.2) is 9.78 Å². The lowest BCUT2D eigenvalue weighted by Crippen LogP contribution is -2.53. The lowest BCUT2D eigenvalue weighted by atomic mass is 10.2. The quantitative estimate of drug-likeness (QED) is 0.800. The Hall–Kier alpha value is -1.93. The number of carbonyl (C=O) groups is 2. The summed E-state index contributed by atoms with van der Waals surface area (Å²) in [6, 6.07) is 7.92. The molecule has 0 saturated carbocycles. The van der Waals surface area contributed by atoms with Gasteiger partial charge in [0.25, 0.3) is 0 Å². The van der Waals surface area contributed by atoms with Crippen LogP contribution in [0, 0.1) is 0 Å². The molecule has 6 nitrogen and oxygen atoms in total. The van der Waals surface area contributed by atoms with Gasteiger partial charge in [-0.15, -0.1) is 11.3 Å². The van der Waals surface area contributed by atoms with Gasteiger partial charge in [0.05, 0.1) is 12.1 Å². The van der Waals surface area contributed by atoms with E-state index in [0.717, 1.165) is 20.7 Å². The van der Waals surface area contributed by atoms with E-state index in [2.05, 4.69) is 26.2 Å². The zero-order valence-corrected chi connectivity index (χ0v) is 17.0. The molecule has 0 spiro atoms. The molecule has 2 heterocycles. The number of carbonyl (C=O) groups excluding carboxylic acids is 2. The molecular weight excluding hydrogens is 416 g/mol. The van der Waals surface area contributed by atoms with E-state index in [4.69, 9.17) is 0 Å². The van der Waals surface area contributed by atoms with Crippen LogP contribution in [0.15, 0.2) is 34.1 Å². The lowest BCUT2D eigenvalue weighted by Gasteiger charge is -2.34. The van der Waals surface area contributed by atoms with Crippen LogP contribution >= 0.6 is 27.3 Å². The number of amides is 3. The van der Waals surface area contributed by atoms with Crippen LogP contribution in [0.5, 0.6) is 0 Å². The summed E-state index contributed by atoms with van der Waals surface area (Å²) in [5.41, 5.74) is 1.83. The van der Waals surface area contributed by atoms with Crippen LogP contribution < -0.4 is 5.32 Å². The monoisotopic (exact) mass is 436 g/mol. The Morgan fingerprint density at radius 1 is 1.23 bits per heavy atom. The maximum absolute atomic E-state index is 12.5. The van der Waals surface area contributed by atoms with E-state index in [1.165, 1.54) is 0 Å². The van der Waals surface area contributed by atoms with Crippen molar-refractivity contribution in [2.75, 3.05) is 32.7 Å². The van der Waals surface area contributed by atoms with Gasteiger partial charge in [-0.2, -0.15) is 0 Å². The van der Waals surface area contributed by atoms with Crippen molar-refractivity contribution in [3.05, 3.63) is 39.8 Å². The number of halogens is 1. The number of rotatable bonds is 4. The summed E-state index contributed by atoms with van der Waals surface area (Å²) in [6.45, 7) is 4.78. The smallest absolute Gasteiger partial charge is 0.317 e. The molecule has 0 bridgehead atoms. The number of nitrogens with one attached hydrogen (secondary N) is 1. The van der Waals surface area contributed by atoms with E-state index in [9.17, 15) is 9.59 Å². The lowest BCUT2D eigenvalue weighted by molar-refractivity contribution is -0.131. The van der Waals surface area contributed by atoms with Crippen LogP contribution in [0.2, 0.25) is 0 Å². The van der Waals surface area contributed by atoms with Crippen LogP contribution in [0.1, 0.15) is 12.6 Å². The highest BCUT2D eigenvalue weighted by molar-refractivity contribution is 9.10. The highest BCUT2D eigenvalue weighted by Crippen LogP contribution is 2.26. The minimum atomic E-state index is -0.0576. The van der Waals surface area contributed by atoms with Gasteiger partial charge in [0, 0.05) is 48.1 Å². The number of thiazole rings is 1. The Bertz CT molecular complexity index is 787. The summed E-state index contributed by atoms with van der Waals surface area (Å²) < 4.78 is 1.01. The van der Waals surface area contributed by atoms with Crippen LogP contribution in [0.4, 0.5) is 4.79 Å². The van der Waals surface area contributed by atoms with Gasteiger partial charge in [0.15, 0.2) is 0 Å². The maximum Gasteiger partial charge on any atom is 0.317 e. The van der Waals surface area contributed by atoms with E-state index in [-0.39, 0.29) is 11.9 Å². The van der Waals surface area contributed by atoms with Crippen LogP contribution in [-0.2, 0) is 11.2 Å². The van der Waals surface area contributed by atoms with Crippen molar-refractivity contribution in [1.82, 2.24) is 20.1 Å². The van der Waals surface area contributed by atoms with Gasteiger partial charge in [-0.3, -0.25) is 4.79 Å². The number of benzene rings is 1. The topological polar surface area (TPSA) is 65.5 Å². The Kier molecular flexibility index (Phi) is 6.26. The van der Waals surface area contributed by atoms with Gasteiger partial charge in [-0.1, -0.05) is 28.1 Å². The summed E-state index contributed by atoms with van der Waals surface area (Å²) in [6.07, 6.45) is 0.297. The summed E-state index contributed by atoms with van der Waals surface area (Å²) in [5, 5.41) is 5.65. The van der Waals surface area contributed by atoms with Crippen LogP contribution in [0.25, 0.3) is 10.6 Å². The number of nitrogens with zero attached hydrogens (tertiary/aromatic N) is 3. The number of piperazine rings is 1. The molecule has 8 heteroatoms. The molecule has 138 valence electrons. The summed E-state index contributed by atoms with van der Waals surface area (Å²) >= 11 is 5.01. The molecule has 0 atom stereocenters. The number of hydrogen-bond acceptors (Lipinski definition) is 4. The van der Waals surface area contributed by atoms with Crippen molar-refractivity contribution in [3.63, 3.8) is 0 Å². The van der Waals surface area contributed by atoms with E-state index in [1.54, 1.807) is 16.2 Å². The molecule has 1 saturated heterocycles. The minimum absolute atomic E-state index is 0.0576. The molecule has 26 heavy (non-hydrogen) atoms. The first kappa shape index (κ1) is 18.8. The molecule has 0 radical (unpaired) electrons. The zero-order valence-electron chi connectivity index (χ0n) is 14.6. The van der Waals surface area contributed by atoms with E-state index in [0.29, 0.717) is 39.1 Å². The van der Waals surface area contributed by atoms with E-state index < -0.39 is 0 Å². The third kappa shape index (κ3) is 4.62. The molecule has 1 aliphatic rings. The Morgan fingerprint density at radius 3 is 2.65 bits per heavy atom. The Balaban J connectivity index is 1.55. The van der Waals surface area contributed by atoms with Gasteiger partial charge >= 0.3 is 6.03 Å². The fourth-order valence-corrected chi connectivity index (χ4v) is 4.05. The molecule has 3 amide bonds. The van der Waals surface area contributed by atoms with Crippen LogP contribution in [0.3, 0.4) is 0 Å². The van der Waals surface area contributed by atoms with E-state index >= 15 is 0 Å². The number of aromatic nitrogens is 1. The average molecular weight is 437 g/mol. The minimum Gasteiger partial charge on any atom is -0.339 e. The predicted octanol–water partition coefficient (Wildman–Crippen LogP) is 2.99. The van der Waals surface area contributed by atoms with Crippen molar-refractivity contribution in [2.45, 2.75) is 13.3 Å². The molecule has 1 fully saturated rings. The maximum atomic E-state index is 12.5. The Morgan fingerprint density at radius 2 is 1.96 bits per heavy atom. The molecular formula is C18H21BrN4O2S. The first-order valence-corrected chi connectivity index (χ1v) is 10.2. The van der Waals surface area contributed by atoms with Crippen molar-refractivity contribution in [2.24, 2.45) is 0 Å². The van der Waals surface area contributed by atoms with Crippen molar-refractivity contribution >= 4 is 39.2 Å². The molecule has 1 N–H and O–H groups in total.